The molecular weight excluding hydrogens is 426 g/mol. The molecule has 1 fully saturated rings. The molecule has 0 bridgehead atoms. The first-order valence-corrected chi connectivity index (χ1v) is 12.8. The fourth-order valence-electron chi connectivity index (χ4n) is 5.23. The SMILES string of the molecule is CCCC1(NC(=O)OC(C)(C)C)CCC(Oc2ccc3c(c2)CCC(c2ccccc2)O3)CC1. The molecule has 1 atom stereocenters. The van der Waals surface area contributed by atoms with Gasteiger partial charge in [-0.3, -0.25) is 0 Å². The Bertz CT molecular complexity index is 958. The van der Waals surface area contributed by atoms with E-state index in [9.17, 15) is 4.79 Å². The van der Waals surface area contributed by atoms with Crippen molar-refractivity contribution < 1.29 is 19.0 Å². The van der Waals surface area contributed by atoms with E-state index < -0.39 is 5.60 Å². The third kappa shape index (κ3) is 6.25. The van der Waals surface area contributed by atoms with E-state index in [0.717, 1.165) is 62.9 Å². The molecule has 0 saturated heterocycles. The lowest BCUT2D eigenvalue weighted by molar-refractivity contribution is 0.0349. The van der Waals surface area contributed by atoms with Gasteiger partial charge in [-0.05, 0) is 95.0 Å². The van der Waals surface area contributed by atoms with Crippen molar-refractivity contribution in [1.82, 2.24) is 5.32 Å². The number of hydrogen-bond donors (Lipinski definition) is 1. The molecule has 1 amide bonds. The smallest absolute Gasteiger partial charge is 0.408 e. The summed E-state index contributed by atoms with van der Waals surface area (Å²) >= 11 is 0. The largest absolute Gasteiger partial charge is 0.490 e. The van der Waals surface area contributed by atoms with Crippen molar-refractivity contribution in [3.8, 4) is 11.5 Å². The molecule has 2 aliphatic rings. The topological polar surface area (TPSA) is 56.8 Å². The zero-order valence-electron chi connectivity index (χ0n) is 21.1. The minimum atomic E-state index is -0.491. The highest BCUT2D eigenvalue weighted by atomic mass is 16.6. The van der Waals surface area contributed by atoms with Gasteiger partial charge < -0.3 is 19.5 Å². The number of hydrogen-bond acceptors (Lipinski definition) is 4. The minimum absolute atomic E-state index is 0.114. The molecule has 0 spiro atoms. The number of aryl methyl sites for hydroxylation is 1. The van der Waals surface area contributed by atoms with Gasteiger partial charge in [0.25, 0.3) is 0 Å². The van der Waals surface area contributed by atoms with Crippen LogP contribution in [0.3, 0.4) is 0 Å². The molecule has 1 heterocycles. The van der Waals surface area contributed by atoms with Gasteiger partial charge in [0, 0.05) is 5.54 Å². The Labute approximate surface area is 204 Å². The molecule has 1 saturated carbocycles. The Morgan fingerprint density at radius 3 is 2.50 bits per heavy atom. The van der Waals surface area contributed by atoms with Crippen LogP contribution < -0.4 is 14.8 Å². The van der Waals surface area contributed by atoms with E-state index in [4.69, 9.17) is 14.2 Å². The molecule has 2 aromatic rings. The number of carbonyl (C=O) groups is 1. The second-order valence-electron chi connectivity index (χ2n) is 10.8. The van der Waals surface area contributed by atoms with Gasteiger partial charge in [0.1, 0.15) is 23.2 Å². The summed E-state index contributed by atoms with van der Waals surface area (Å²) in [5.41, 5.74) is 1.75. The summed E-state index contributed by atoms with van der Waals surface area (Å²) in [6.07, 6.45) is 7.52. The summed E-state index contributed by atoms with van der Waals surface area (Å²) in [5.74, 6) is 1.87. The lowest BCUT2D eigenvalue weighted by Gasteiger charge is -2.41. The van der Waals surface area contributed by atoms with Crippen LogP contribution in [0, 0.1) is 0 Å². The Hall–Kier alpha value is -2.69. The number of rotatable bonds is 6. The standard InChI is InChI=1S/C29H39NO4/c1-5-17-29(30-27(31)34-28(2,3)4)18-15-23(16-19-29)32-24-12-14-26-22(20-24)11-13-25(33-26)21-9-7-6-8-10-21/h6-10,12,14,20,23,25H,5,11,13,15-19H2,1-4H3,(H,30,31). The molecule has 34 heavy (non-hydrogen) atoms. The minimum Gasteiger partial charge on any atom is -0.490 e. The maximum absolute atomic E-state index is 12.5. The molecule has 0 aromatic heterocycles. The predicted molar refractivity (Wildman–Crippen MR) is 134 cm³/mol. The monoisotopic (exact) mass is 465 g/mol. The molecule has 1 aliphatic heterocycles. The Morgan fingerprint density at radius 1 is 1.09 bits per heavy atom. The summed E-state index contributed by atoms with van der Waals surface area (Å²) in [7, 11) is 0. The maximum Gasteiger partial charge on any atom is 0.408 e. The highest BCUT2D eigenvalue weighted by Gasteiger charge is 2.38. The molecular formula is C29H39NO4. The Kier molecular flexibility index (Phi) is 7.39. The van der Waals surface area contributed by atoms with E-state index >= 15 is 0 Å². The van der Waals surface area contributed by atoms with Crippen LogP contribution in [-0.4, -0.2) is 23.3 Å². The van der Waals surface area contributed by atoms with Crippen LogP contribution in [0.4, 0.5) is 4.79 Å². The fourth-order valence-corrected chi connectivity index (χ4v) is 5.23. The Balaban J connectivity index is 1.33. The van der Waals surface area contributed by atoms with E-state index in [0.29, 0.717) is 0 Å². The lowest BCUT2D eigenvalue weighted by atomic mass is 9.77. The molecule has 5 nitrogen and oxygen atoms in total. The summed E-state index contributed by atoms with van der Waals surface area (Å²) in [6.45, 7) is 7.86. The second-order valence-corrected chi connectivity index (χ2v) is 10.8. The third-order valence-corrected chi connectivity index (χ3v) is 6.84. The summed E-state index contributed by atoms with van der Waals surface area (Å²) in [6, 6.07) is 16.6. The molecule has 4 rings (SSSR count). The van der Waals surface area contributed by atoms with Gasteiger partial charge in [-0.15, -0.1) is 0 Å². The summed E-state index contributed by atoms with van der Waals surface area (Å²) in [5, 5.41) is 3.20. The Morgan fingerprint density at radius 2 is 1.82 bits per heavy atom. The van der Waals surface area contributed by atoms with Crippen molar-refractivity contribution in [3.05, 3.63) is 59.7 Å². The summed E-state index contributed by atoms with van der Waals surface area (Å²) in [4.78, 5) is 12.5. The van der Waals surface area contributed by atoms with Crippen LogP contribution >= 0.6 is 0 Å². The van der Waals surface area contributed by atoms with Gasteiger partial charge in [-0.2, -0.15) is 0 Å². The number of fused-ring (bicyclic) bond motifs is 1. The van der Waals surface area contributed by atoms with Crippen LogP contribution in [-0.2, 0) is 11.2 Å². The summed E-state index contributed by atoms with van der Waals surface area (Å²) < 4.78 is 18.2. The van der Waals surface area contributed by atoms with Crippen LogP contribution in [0.1, 0.15) is 89.9 Å². The van der Waals surface area contributed by atoms with Gasteiger partial charge in [0.05, 0.1) is 6.10 Å². The zero-order valence-corrected chi connectivity index (χ0v) is 21.1. The predicted octanol–water partition coefficient (Wildman–Crippen LogP) is 7.14. The van der Waals surface area contributed by atoms with E-state index in [1.54, 1.807) is 0 Å². The molecule has 184 valence electrons. The van der Waals surface area contributed by atoms with Crippen molar-refractivity contribution >= 4 is 6.09 Å². The quantitative estimate of drug-likeness (QED) is 0.493. The number of carbonyl (C=O) groups excluding carboxylic acids is 1. The van der Waals surface area contributed by atoms with E-state index in [2.05, 4.69) is 42.6 Å². The van der Waals surface area contributed by atoms with Crippen LogP contribution in [0.5, 0.6) is 11.5 Å². The van der Waals surface area contributed by atoms with Gasteiger partial charge in [-0.1, -0.05) is 43.7 Å². The van der Waals surface area contributed by atoms with E-state index in [1.165, 1.54) is 11.1 Å². The van der Waals surface area contributed by atoms with Gasteiger partial charge in [0.2, 0.25) is 0 Å². The first kappa shape index (κ1) is 24.4. The van der Waals surface area contributed by atoms with Crippen LogP contribution in [0.2, 0.25) is 0 Å². The molecule has 0 radical (unpaired) electrons. The molecule has 1 unspecified atom stereocenters. The highest BCUT2D eigenvalue weighted by Crippen LogP contribution is 2.38. The molecule has 2 aromatic carbocycles. The average Bonchev–Trinajstić information content (AvgIpc) is 2.80. The van der Waals surface area contributed by atoms with Crippen molar-refractivity contribution in [2.75, 3.05) is 0 Å². The number of nitrogens with one attached hydrogen (secondary N) is 1. The van der Waals surface area contributed by atoms with Gasteiger partial charge in [-0.25, -0.2) is 4.79 Å². The second kappa shape index (κ2) is 10.3. The van der Waals surface area contributed by atoms with E-state index in [-0.39, 0.29) is 23.8 Å². The zero-order chi connectivity index (χ0) is 24.2. The molecule has 5 heteroatoms. The van der Waals surface area contributed by atoms with Crippen LogP contribution in [0.15, 0.2) is 48.5 Å². The maximum atomic E-state index is 12.5. The fraction of sp³-hybridized carbons (Fsp3) is 0.552. The van der Waals surface area contributed by atoms with Crippen molar-refractivity contribution in [3.63, 3.8) is 0 Å². The number of amides is 1. The number of ether oxygens (including phenoxy) is 3. The van der Waals surface area contributed by atoms with E-state index in [1.807, 2.05) is 39.0 Å². The lowest BCUT2D eigenvalue weighted by Crippen LogP contribution is -2.53. The van der Waals surface area contributed by atoms with Gasteiger partial charge >= 0.3 is 6.09 Å². The first-order chi connectivity index (χ1) is 16.3. The van der Waals surface area contributed by atoms with Gasteiger partial charge in [0.15, 0.2) is 0 Å². The number of alkyl carbamates (subject to hydrolysis) is 1. The molecule has 1 N–H and O–H groups in total. The molecule has 1 aliphatic carbocycles. The van der Waals surface area contributed by atoms with Crippen molar-refractivity contribution in [2.24, 2.45) is 0 Å². The van der Waals surface area contributed by atoms with Crippen molar-refractivity contribution in [1.29, 1.82) is 0 Å². The normalized spacial score (nSPS) is 24.5. The average molecular weight is 466 g/mol. The highest BCUT2D eigenvalue weighted by molar-refractivity contribution is 5.68. The number of benzene rings is 2. The van der Waals surface area contributed by atoms with Crippen molar-refractivity contribution in [2.45, 2.75) is 102 Å². The van der Waals surface area contributed by atoms with Crippen LogP contribution in [0.25, 0.3) is 0 Å². The third-order valence-electron chi connectivity index (χ3n) is 6.84. The first-order valence-electron chi connectivity index (χ1n) is 12.8.